The Labute approximate surface area is 297 Å². The van der Waals surface area contributed by atoms with Gasteiger partial charge >= 0.3 is 11.4 Å². The first-order valence-electron chi connectivity index (χ1n) is 15.8. The van der Waals surface area contributed by atoms with Crippen LogP contribution in [0.15, 0.2) is 72.0 Å². The number of phenols is 1. The second-order valence-electron chi connectivity index (χ2n) is 12.2. The Morgan fingerprint density at radius 3 is 2.20 bits per heavy atom. The Bertz CT molecular complexity index is 2460. The van der Waals surface area contributed by atoms with Crippen molar-refractivity contribution in [2.75, 3.05) is 28.4 Å². The molecule has 0 spiro atoms. The molecule has 0 fully saturated rings. The van der Waals surface area contributed by atoms with Gasteiger partial charge in [0.1, 0.15) is 5.69 Å². The molecule has 4 aromatic rings. The van der Waals surface area contributed by atoms with Crippen molar-refractivity contribution in [3.63, 3.8) is 0 Å². The maximum Gasteiger partial charge on any atom is 0.347 e. The van der Waals surface area contributed by atoms with Crippen molar-refractivity contribution in [3.05, 3.63) is 100 Å². The highest BCUT2D eigenvalue weighted by Gasteiger charge is 2.45. The third-order valence-corrected chi connectivity index (χ3v) is 10.3. The van der Waals surface area contributed by atoms with Crippen LogP contribution in [0, 0.1) is 0 Å². The SMILES string of the molecule is COc1cc2nc(CCn3c(=O)n4n(c3=O)C3CC5=C(C(=O)C=C(Br)C5=O)C(c5cc(OC)c(O)c(OC)c5)C3=CC4)c(=O)n(C)c2cc1OC. The lowest BCUT2D eigenvalue weighted by atomic mass is 9.69. The minimum absolute atomic E-state index is 0.00232. The van der Waals surface area contributed by atoms with Crippen molar-refractivity contribution >= 4 is 38.5 Å². The van der Waals surface area contributed by atoms with Gasteiger partial charge in [-0.15, -0.1) is 0 Å². The Kier molecular flexibility index (Phi) is 8.36. The maximum absolute atomic E-state index is 14.2. The molecule has 0 saturated heterocycles. The van der Waals surface area contributed by atoms with E-state index in [2.05, 4.69) is 20.9 Å². The number of nitrogens with zero attached hydrogens (tertiary/aromatic N) is 5. The smallest absolute Gasteiger partial charge is 0.347 e. The van der Waals surface area contributed by atoms with E-state index in [9.17, 15) is 29.1 Å². The summed E-state index contributed by atoms with van der Waals surface area (Å²) >= 11 is 3.22. The van der Waals surface area contributed by atoms with E-state index in [0.29, 0.717) is 33.7 Å². The summed E-state index contributed by atoms with van der Waals surface area (Å²) in [5.41, 5.74) is 0.997. The molecule has 0 radical (unpaired) electrons. The number of aryl methyl sites for hydroxylation is 2. The number of carbonyl (C=O) groups excluding carboxylic acids is 2. The van der Waals surface area contributed by atoms with E-state index in [0.717, 1.165) is 4.57 Å². The number of halogens is 1. The highest BCUT2D eigenvalue weighted by Crippen LogP contribution is 2.52. The molecular weight excluding hydrogens is 730 g/mol. The van der Waals surface area contributed by atoms with Crippen molar-refractivity contribution < 1.29 is 33.6 Å². The number of aromatic nitrogens is 5. The molecule has 2 atom stereocenters. The molecule has 7 rings (SSSR count). The molecule has 2 aromatic heterocycles. The molecule has 51 heavy (non-hydrogen) atoms. The number of allylic oxidation sites excluding steroid dienone is 6. The van der Waals surface area contributed by atoms with Crippen LogP contribution in [0.2, 0.25) is 0 Å². The molecule has 0 saturated carbocycles. The largest absolute Gasteiger partial charge is 0.502 e. The number of rotatable bonds is 8. The number of phenolic OH excluding ortho intramolecular Hbond substituents is 1. The Morgan fingerprint density at radius 2 is 1.55 bits per heavy atom. The molecule has 16 heteroatoms. The standard InChI is InChI=1S/C35H32BrN5O10/c1-38-23-15-26(49-3)25(48-2)14-21(23)37-20(33(38)45)7-8-39-34(46)40-9-6-17-22(41(40)35(39)47)12-18-30(24(42)13-19(36)31(18)43)29(17)16-10-27(50-4)32(44)28(11-16)51-5/h6,10-11,13-15,22,29,44H,7-9,12H2,1-5H3. The molecule has 1 aliphatic heterocycles. The quantitative estimate of drug-likeness (QED) is 0.206. The van der Waals surface area contributed by atoms with Crippen LogP contribution >= 0.6 is 15.9 Å². The summed E-state index contributed by atoms with van der Waals surface area (Å²) in [5, 5.41) is 10.6. The summed E-state index contributed by atoms with van der Waals surface area (Å²) in [6.07, 6.45) is 2.95. The summed E-state index contributed by atoms with van der Waals surface area (Å²) in [4.78, 5) is 73.0. The van der Waals surface area contributed by atoms with Crippen molar-refractivity contribution in [1.29, 1.82) is 0 Å². The van der Waals surface area contributed by atoms with Gasteiger partial charge in [-0.1, -0.05) is 6.08 Å². The molecule has 15 nitrogen and oxygen atoms in total. The summed E-state index contributed by atoms with van der Waals surface area (Å²) in [7, 11) is 7.33. The third-order valence-electron chi connectivity index (χ3n) is 9.73. The van der Waals surface area contributed by atoms with E-state index in [1.807, 2.05) is 0 Å². The normalized spacial score (nSPS) is 18.2. The fourth-order valence-corrected chi connectivity index (χ4v) is 7.71. The molecular formula is C35H32BrN5O10. The van der Waals surface area contributed by atoms with Gasteiger partial charge in [0, 0.05) is 61.7 Å². The van der Waals surface area contributed by atoms with Crippen molar-refractivity contribution in [2.45, 2.75) is 37.9 Å². The minimum atomic E-state index is -0.838. The van der Waals surface area contributed by atoms with Gasteiger partial charge in [0.2, 0.25) is 5.75 Å². The lowest BCUT2D eigenvalue weighted by molar-refractivity contribution is -0.115. The van der Waals surface area contributed by atoms with Crippen LogP contribution in [0.3, 0.4) is 0 Å². The number of aromatic hydroxyl groups is 1. The predicted octanol–water partition coefficient (Wildman–Crippen LogP) is 2.44. The van der Waals surface area contributed by atoms with Gasteiger partial charge in [0.05, 0.1) is 56.5 Å². The molecule has 2 aliphatic carbocycles. The Balaban J connectivity index is 1.31. The van der Waals surface area contributed by atoms with Crippen LogP contribution in [0.5, 0.6) is 28.7 Å². The van der Waals surface area contributed by atoms with E-state index < -0.39 is 34.7 Å². The first-order chi connectivity index (χ1) is 24.4. The van der Waals surface area contributed by atoms with Gasteiger partial charge in [-0.3, -0.25) is 14.4 Å². The molecule has 3 heterocycles. The molecule has 3 aliphatic rings. The summed E-state index contributed by atoms with van der Waals surface area (Å²) in [5.74, 6) is -0.853. The van der Waals surface area contributed by atoms with Crippen LogP contribution in [0.4, 0.5) is 0 Å². The van der Waals surface area contributed by atoms with Crippen LogP contribution in [0.1, 0.15) is 29.6 Å². The fourth-order valence-electron chi connectivity index (χ4n) is 7.27. The highest BCUT2D eigenvalue weighted by atomic mass is 79.9. The number of hydrogen-bond acceptors (Lipinski definition) is 11. The number of Topliss-reactive ketones (excluding diaryl/α,β-unsaturated/α-hetero) is 1. The lowest BCUT2D eigenvalue weighted by Gasteiger charge is -2.39. The molecule has 1 N–H and O–H groups in total. The average molecular weight is 763 g/mol. The molecule has 2 aromatic carbocycles. The second kappa shape index (κ2) is 12.6. The van der Waals surface area contributed by atoms with E-state index in [1.54, 1.807) is 37.4 Å². The number of methoxy groups -OCH3 is 4. The molecule has 0 bridgehead atoms. The van der Waals surface area contributed by atoms with E-state index >= 15 is 0 Å². The summed E-state index contributed by atoms with van der Waals surface area (Å²) < 4.78 is 26.7. The van der Waals surface area contributed by atoms with Gasteiger partial charge < -0.3 is 28.6 Å². The predicted molar refractivity (Wildman–Crippen MR) is 186 cm³/mol. The topological polar surface area (TPSA) is 175 Å². The Morgan fingerprint density at radius 1 is 0.902 bits per heavy atom. The molecule has 2 unspecified atom stereocenters. The minimum Gasteiger partial charge on any atom is -0.502 e. The van der Waals surface area contributed by atoms with Crippen LogP contribution in [-0.2, 0) is 36.1 Å². The van der Waals surface area contributed by atoms with Crippen LogP contribution in [0.25, 0.3) is 11.0 Å². The van der Waals surface area contributed by atoms with Crippen molar-refractivity contribution in [1.82, 2.24) is 23.5 Å². The van der Waals surface area contributed by atoms with Crippen molar-refractivity contribution in [2.24, 2.45) is 7.05 Å². The van der Waals surface area contributed by atoms with E-state index in [-0.39, 0.29) is 70.3 Å². The number of benzene rings is 2. The zero-order valence-corrected chi connectivity index (χ0v) is 29.8. The number of ketones is 2. The van der Waals surface area contributed by atoms with Crippen LogP contribution < -0.4 is 35.9 Å². The highest BCUT2D eigenvalue weighted by molar-refractivity contribution is 9.12. The van der Waals surface area contributed by atoms with Gasteiger partial charge in [-0.25, -0.2) is 28.5 Å². The lowest BCUT2D eigenvalue weighted by Crippen LogP contribution is -2.40. The number of hydrogen-bond donors (Lipinski definition) is 1. The summed E-state index contributed by atoms with van der Waals surface area (Å²) in [6.45, 7) is -0.152. The third kappa shape index (κ3) is 5.15. The summed E-state index contributed by atoms with van der Waals surface area (Å²) in [6, 6.07) is 5.59. The second-order valence-corrected chi connectivity index (χ2v) is 13.1. The molecule has 264 valence electrons. The fraction of sp³-hybridized carbons (Fsp3) is 0.314. The van der Waals surface area contributed by atoms with Crippen molar-refractivity contribution in [3.8, 4) is 28.7 Å². The number of fused-ring (bicyclic) bond motifs is 4. The zero-order valence-electron chi connectivity index (χ0n) is 28.2. The van der Waals surface area contributed by atoms with Crippen LogP contribution in [-0.4, -0.2) is 68.6 Å². The first kappa shape index (κ1) is 33.8. The number of carbonyl (C=O) groups is 2. The van der Waals surface area contributed by atoms with E-state index in [4.69, 9.17) is 18.9 Å². The molecule has 0 amide bonds. The van der Waals surface area contributed by atoms with Gasteiger partial charge in [-0.05, 0) is 39.2 Å². The monoisotopic (exact) mass is 761 g/mol. The van der Waals surface area contributed by atoms with Gasteiger partial charge in [-0.2, -0.15) is 0 Å². The van der Waals surface area contributed by atoms with E-state index in [1.165, 1.54) is 48.4 Å². The van der Waals surface area contributed by atoms with Gasteiger partial charge in [0.25, 0.3) is 5.56 Å². The number of ether oxygens (including phenoxy) is 4. The average Bonchev–Trinajstić information content (AvgIpc) is 3.38. The first-order valence-corrected chi connectivity index (χ1v) is 16.6. The zero-order chi connectivity index (χ0) is 36.5. The van der Waals surface area contributed by atoms with Gasteiger partial charge in [0.15, 0.2) is 34.6 Å². The Hall–Kier alpha value is -5.64. The maximum atomic E-state index is 14.2.